The number of hydrogen-bond acceptors (Lipinski definition) is 5. The topological polar surface area (TPSA) is 87.8 Å². The lowest BCUT2D eigenvalue weighted by atomic mass is 10.2. The monoisotopic (exact) mass is 403 g/mol. The molecule has 0 aliphatic rings. The largest absolute Gasteiger partial charge is 0.501 e. The molecule has 126 valence electrons. The van der Waals surface area contributed by atoms with Crippen LogP contribution in [0.2, 0.25) is 0 Å². The number of phenolic OH excluding ortho intramolecular Hbond substituents is 1. The Balaban J connectivity index is 2.13. The van der Waals surface area contributed by atoms with Crippen molar-refractivity contribution in [3.05, 3.63) is 62.1 Å². The van der Waals surface area contributed by atoms with E-state index in [0.717, 1.165) is 18.2 Å². The van der Waals surface area contributed by atoms with E-state index in [9.17, 15) is 28.4 Å². The molecule has 0 spiro atoms. The Hall–Kier alpha value is -2.62. The number of phenols is 1. The molecule has 0 aliphatic carbocycles. The van der Waals surface area contributed by atoms with E-state index in [0.29, 0.717) is 11.3 Å². The predicted molar refractivity (Wildman–Crippen MR) is 85.1 cm³/mol. The number of nitro groups is 1. The zero-order valence-electron chi connectivity index (χ0n) is 11.7. The number of aromatic hydroxyl groups is 1. The average Bonchev–Trinajstić information content (AvgIpc) is 2.50. The Bertz CT molecular complexity index is 792. The quantitative estimate of drug-likeness (QED) is 0.446. The van der Waals surface area contributed by atoms with Gasteiger partial charge in [-0.05, 0) is 46.3 Å². The fourth-order valence-electron chi connectivity index (χ4n) is 1.73. The van der Waals surface area contributed by atoms with Gasteiger partial charge in [-0.15, -0.1) is 0 Å². The maximum absolute atomic E-state index is 12.4. The van der Waals surface area contributed by atoms with Gasteiger partial charge in [-0.3, -0.25) is 15.5 Å². The van der Waals surface area contributed by atoms with Gasteiger partial charge in [0.05, 0.1) is 26.9 Å². The highest BCUT2D eigenvalue weighted by atomic mass is 79.9. The fourth-order valence-corrected chi connectivity index (χ4v) is 2.20. The van der Waals surface area contributed by atoms with Gasteiger partial charge in [0.1, 0.15) is 0 Å². The molecular weight excluding hydrogens is 395 g/mol. The molecule has 0 radical (unpaired) electrons. The van der Waals surface area contributed by atoms with Crippen LogP contribution in [0.5, 0.6) is 5.75 Å². The number of hydrazone groups is 1. The van der Waals surface area contributed by atoms with Gasteiger partial charge >= 0.3 is 11.9 Å². The second kappa shape index (κ2) is 6.87. The van der Waals surface area contributed by atoms with Gasteiger partial charge in [-0.25, -0.2) is 0 Å². The number of nitrogens with zero attached hydrogens (tertiary/aromatic N) is 2. The molecule has 6 nitrogen and oxygen atoms in total. The number of anilines is 1. The van der Waals surface area contributed by atoms with Gasteiger partial charge in [0.25, 0.3) is 0 Å². The molecule has 2 aromatic carbocycles. The average molecular weight is 404 g/mol. The van der Waals surface area contributed by atoms with Crippen molar-refractivity contribution in [2.75, 3.05) is 5.43 Å². The second-order valence-corrected chi connectivity index (χ2v) is 5.43. The van der Waals surface area contributed by atoms with Crippen LogP contribution >= 0.6 is 15.9 Å². The van der Waals surface area contributed by atoms with Crippen LogP contribution in [0, 0.1) is 10.1 Å². The third-order valence-corrected chi connectivity index (χ3v) is 3.49. The molecule has 24 heavy (non-hydrogen) atoms. The summed E-state index contributed by atoms with van der Waals surface area (Å²) in [5, 5.41) is 24.1. The minimum Gasteiger partial charge on any atom is -0.501 e. The Morgan fingerprint density at radius 2 is 1.88 bits per heavy atom. The molecule has 0 aliphatic heterocycles. The van der Waals surface area contributed by atoms with Gasteiger partial charge < -0.3 is 5.11 Å². The van der Waals surface area contributed by atoms with E-state index < -0.39 is 28.1 Å². The molecule has 0 atom stereocenters. The summed E-state index contributed by atoms with van der Waals surface area (Å²) in [6, 6.07) is 6.72. The van der Waals surface area contributed by atoms with E-state index in [1.54, 1.807) is 0 Å². The third-order valence-electron chi connectivity index (χ3n) is 2.88. The molecule has 2 N–H and O–H groups in total. The van der Waals surface area contributed by atoms with Crippen LogP contribution in [-0.2, 0) is 6.18 Å². The van der Waals surface area contributed by atoms with E-state index in [4.69, 9.17) is 0 Å². The Morgan fingerprint density at radius 3 is 2.42 bits per heavy atom. The number of benzene rings is 2. The Kier molecular flexibility index (Phi) is 5.07. The van der Waals surface area contributed by atoms with E-state index in [1.165, 1.54) is 24.4 Å². The number of nitrogens with one attached hydrogen (secondary N) is 1. The van der Waals surface area contributed by atoms with Crippen LogP contribution in [-0.4, -0.2) is 16.2 Å². The summed E-state index contributed by atoms with van der Waals surface area (Å²) in [5.74, 6) is -0.507. The van der Waals surface area contributed by atoms with E-state index in [2.05, 4.69) is 26.5 Å². The van der Waals surface area contributed by atoms with Gasteiger partial charge in [0, 0.05) is 11.6 Å². The van der Waals surface area contributed by atoms with Gasteiger partial charge in [0.2, 0.25) is 5.75 Å². The smallest absolute Gasteiger partial charge is 0.416 e. The molecule has 0 fully saturated rings. The van der Waals surface area contributed by atoms with E-state index >= 15 is 0 Å². The number of alkyl halides is 3. The first-order valence-electron chi connectivity index (χ1n) is 6.31. The summed E-state index contributed by atoms with van der Waals surface area (Å²) in [6.45, 7) is 0. The zero-order chi connectivity index (χ0) is 17.9. The fraction of sp³-hybridized carbons (Fsp3) is 0.0714. The maximum atomic E-state index is 12.4. The van der Waals surface area contributed by atoms with Gasteiger partial charge in [0.15, 0.2) is 0 Å². The first-order chi connectivity index (χ1) is 11.2. The predicted octanol–water partition coefficient (Wildman–Crippen LogP) is 4.53. The molecule has 10 heteroatoms. The Morgan fingerprint density at radius 1 is 1.25 bits per heavy atom. The minimum atomic E-state index is -4.42. The lowest BCUT2D eigenvalue weighted by Crippen LogP contribution is -2.04. The maximum Gasteiger partial charge on any atom is 0.416 e. The van der Waals surface area contributed by atoms with Crippen molar-refractivity contribution >= 4 is 33.5 Å². The third kappa shape index (κ3) is 4.22. The molecule has 0 aromatic heterocycles. The van der Waals surface area contributed by atoms with Crippen LogP contribution in [0.25, 0.3) is 0 Å². The van der Waals surface area contributed by atoms with Crippen molar-refractivity contribution in [2.24, 2.45) is 5.10 Å². The molecular formula is C14H9BrF3N3O3. The van der Waals surface area contributed by atoms with Crippen molar-refractivity contribution in [3.8, 4) is 5.75 Å². The molecule has 0 unspecified atom stereocenters. The van der Waals surface area contributed by atoms with Crippen LogP contribution in [0.1, 0.15) is 11.1 Å². The van der Waals surface area contributed by atoms with E-state index in [-0.39, 0.29) is 4.47 Å². The van der Waals surface area contributed by atoms with Crippen molar-refractivity contribution in [1.82, 2.24) is 0 Å². The minimum absolute atomic E-state index is 0.118. The molecule has 0 amide bonds. The van der Waals surface area contributed by atoms with Crippen LogP contribution in [0.3, 0.4) is 0 Å². The van der Waals surface area contributed by atoms with Crippen LogP contribution in [0.15, 0.2) is 46.0 Å². The number of hydrogen-bond donors (Lipinski definition) is 2. The summed E-state index contributed by atoms with van der Waals surface area (Å²) in [7, 11) is 0. The molecule has 0 saturated carbocycles. The first kappa shape index (κ1) is 17.7. The first-order valence-corrected chi connectivity index (χ1v) is 7.11. The molecule has 0 bridgehead atoms. The highest BCUT2D eigenvalue weighted by molar-refractivity contribution is 9.10. The van der Waals surface area contributed by atoms with Gasteiger partial charge in [-0.2, -0.15) is 18.3 Å². The summed E-state index contributed by atoms with van der Waals surface area (Å²) < 4.78 is 37.4. The highest BCUT2D eigenvalue weighted by Crippen LogP contribution is 2.34. The summed E-state index contributed by atoms with van der Waals surface area (Å²) >= 11 is 2.99. The number of nitro benzene ring substituents is 1. The number of rotatable bonds is 4. The SMILES string of the molecule is O=[N+]([O-])c1cc(/C=N/Nc2ccc(C(F)(F)F)cc2)cc(Br)c1O. The summed E-state index contributed by atoms with van der Waals surface area (Å²) in [5.41, 5.74) is 1.85. The van der Waals surface area contributed by atoms with E-state index in [1.807, 2.05) is 0 Å². The van der Waals surface area contributed by atoms with Gasteiger partial charge in [-0.1, -0.05) is 0 Å². The normalized spacial score (nSPS) is 11.7. The lowest BCUT2D eigenvalue weighted by Gasteiger charge is -2.07. The standard InChI is InChI=1S/C14H9BrF3N3O3/c15-11-5-8(6-12(13(11)22)21(23)24)7-19-20-10-3-1-9(2-4-10)14(16,17)18/h1-7,20,22H/b19-7+. The summed E-state index contributed by atoms with van der Waals surface area (Å²) in [6.07, 6.45) is -3.19. The van der Waals surface area contributed by atoms with Crippen molar-refractivity contribution in [3.63, 3.8) is 0 Å². The van der Waals surface area contributed by atoms with Crippen molar-refractivity contribution < 1.29 is 23.2 Å². The molecule has 0 heterocycles. The molecule has 2 aromatic rings. The Labute approximate surface area is 141 Å². The van der Waals surface area contributed by atoms with Crippen molar-refractivity contribution in [1.29, 1.82) is 0 Å². The molecule has 0 saturated heterocycles. The van der Waals surface area contributed by atoms with Crippen LogP contribution < -0.4 is 5.43 Å². The number of halogens is 4. The molecule has 2 rings (SSSR count). The summed E-state index contributed by atoms with van der Waals surface area (Å²) in [4.78, 5) is 10.1. The van der Waals surface area contributed by atoms with Crippen LogP contribution in [0.4, 0.5) is 24.5 Å². The zero-order valence-corrected chi connectivity index (χ0v) is 13.3. The second-order valence-electron chi connectivity index (χ2n) is 4.57. The van der Waals surface area contributed by atoms with Crippen molar-refractivity contribution in [2.45, 2.75) is 6.18 Å². The lowest BCUT2D eigenvalue weighted by molar-refractivity contribution is -0.386. The highest BCUT2D eigenvalue weighted by Gasteiger charge is 2.29.